The molecule has 2 fully saturated rings. The number of fused-ring (bicyclic) bond motifs is 3. The highest BCUT2D eigenvalue weighted by atomic mass is 16.5. The van der Waals surface area contributed by atoms with Crippen LogP contribution in [0.3, 0.4) is 0 Å². The van der Waals surface area contributed by atoms with E-state index in [0.29, 0.717) is 6.42 Å². The standard InChI is InChI=1S/C21H30O5/c1-11(2)13-14(26-7)17(23)21(25)19(6)10-8-9-18(4,5)15(19)12(3)20(21,24)16(13)22/h11,15,24-25H,3,8-10H2,1-2,4-7H3/t15-,19-,20?,21?/m0/s1. The van der Waals surface area contributed by atoms with Crippen molar-refractivity contribution in [3.05, 3.63) is 23.5 Å². The van der Waals surface area contributed by atoms with Gasteiger partial charge in [-0.3, -0.25) is 9.59 Å². The Kier molecular flexibility index (Phi) is 3.93. The van der Waals surface area contributed by atoms with Crippen LogP contribution in [0.5, 0.6) is 0 Å². The van der Waals surface area contributed by atoms with Crippen LogP contribution in [0.2, 0.25) is 0 Å². The smallest absolute Gasteiger partial charge is 0.233 e. The lowest BCUT2D eigenvalue weighted by atomic mass is 9.52. The van der Waals surface area contributed by atoms with Gasteiger partial charge in [-0.1, -0.05) is 47.6 Å². The monoisotopic (exact) mass is 362 g/mol. The molecule has 0 aliphatic heterocycles. The molecule has 0 aromatic carbocycles. The third-order valence-corrected chi connectivity index (χ3v) is 7.23. The maximum atomic E-state index is 13.5. The topological polar surface area (TPSA) is 83.8 Å². The average Bonchev–Trinajstić information content (AvgIpc) is 2.68. The number of ketones is 2. The van der Waals surface area contributed by atoms with Gasteiger partial charge in [0.1, 0.15) is 0 Å². The van der Waals surface area contributed by atoms with Gasteiger partial charge in [0.2, 0.25) is 11.6 Å². The number of rotatable bonds is 2. The molecule has 26 heavy (non-hydrogen) atoms. The van der Waals surface area contributed by atoms with E-state index >= 15 is 0 Å². The van der Waals surface area contributed by atoms with Crippen LogP contribution in [0.4, 0.5) is 0 Å². The molecular formula is C21H30O5. The Bertz CT molecular complexity index is 746. The van der Waals surface area contributed by atoms with Gasteiger partial charge in [-0.2, -0.15) is 0 Å². The van der Waals surface area contributed by atoms with E-state index in [1.165, 1.54) is 7.11 Å². The zero-order chi connectivity index (χ0) is 19.9. The van der Waals surface area contributed by atoms with Crippen molar-refractivity contribution in [1.29, 1.82) is 0 Å². The molecule has 144 valence electrons. The van der Waals surface area contributed by atoms with Crippen LogP contribution in [-0.2, 0) is 14.3 Å². The Labute approximate surface area is 155 Å². The fourth-order valence-electron chi connectivity index (χ4n) is 6.21. The third kappa shape index (κ3) is 1.79. The summed E-state index contributed by atoms with van der Waals surface area (Å²) in [6, 6.07) is 0. The molecule has 3 aliphatic rings. The van der Waals surface area contributed by atoms with Gasteiger partial charge >= 0.3 is 0 Å². The van der Waals surface area contributed by atoms with Gasteiger partial charge in [0.15, 0.2) is 17.0 Å². The fraction of sp³-hybridized carbons (Fsp3) is 0.714. The highest BCUT2D eigenvalue weighted by molar-refractivity contribution is 6.22. The lowest BCUT2D eigenvalue weighted by Crippen LogP contribution is -2.70. The summed E-state index contributed by atoms with van der Waals surface area (Å²) in [5, 5.41) is 23.4. The van der Waals surface area contributed by atoms with Crippen molar-refractivity contribution in [1.82, 2.24) is 0 Å². The first kappa shape index (κ1) is 19.3. The summed E-state index contributed by atoms with van der Waals surface area (Å²) in [6.45, 7) is 13.5. The molecule has 2 unspecified atom stereocenters. The summed E-state index contributed by atoms with van der Waals surface area (Å²) in [7, 11) is 1.32. The van der Waals surface area contributed by atoms with E-state index in [-0.39, 0.29) is 34.2 Å². The van der Waals surface area contributed by atoms with Crippen molar-refractivity contribution in [3.63, 3.8) is 0 Å². The molecule has 5 nitrogen and oxygen atoms in total. The number of carbonyl (C=O) groups is 2. The second-order valence-electron chi connectivity index (χ2n) is 9.40. The van der Waals surface area contributed by atoms with Crippen LogP contribution in [0.15, 0.2) is 23.5 Å². The van der Waals surface area contributed by atoms with Gasteiger partial charge in [0.25, 0.3) is 0 Å². The van der Waals surface area contributed by atoms with E-state index in [0.717, 1.165) is 12.8 Å². The number of methoxy groups -OCH3 is 1. The molecule has 2 N–H and O–H groups in total. The Hall–Kier alpha value is -1.46. The van der Waals surface area contributed by atoms with Gasteiger partial charge in [0, 0.05) is 11.0 Å². The second kappa shape index (κ2) is 5.29. The highest BCUT2D eigenvalue weighted by Gasteiger charge is 2.81. The first-order chi connectivity index (χ1) is 11.8. The van der Waals surface area contributed by atoms with E-state index < -0.39 is 28.2 Å². The molecule has 3 rings (SSSR count). The molecule has 5 heteroatoms. The second-order valence-corrected chi connectivity index (χ2v) is 9.40. The van der Waals surface area contributed by atoms with Crippen molar-refractivity contribution in [2.24, 2.45) is 22.7 Å². The maximum absolute atomic E-state index is 13.5. The molecule has 0 amide bonds. The Morgan fingerprint density at radius 1 is 1.12 bits per heavy atom. The first-order valence-corrected chi connectivity index (χ1v) is 9.34. The Morgan fingerprint density at radius 2 is 1.69 bits per heavy atom. The van der Waals surface area contributed by atoms with Gasteiger partial charge in [-0.25, -0.2) is 0 Å². The van der Waals surface area contributed by atoms with Crippen molar-refractivity contribution in [3.8, 4) is 0 Å². The molecule has 0 bridgehead atoms. The number of carbonyl (C=O) groups excluding carboxylic acids is 2. The molecule has 0 saturated heterocycles. The molecule has 0 spiro atoms. The average molecular weight is 362 g/mol. The minimum Gasteiger partial charge on any atom is -0.492 e. The first-order valence-electron chi connectivity index (χ1n) is 9.34. The van der Waals surface area contributed by atoms with Crippen LogP contribution >= 0.6 is 0 Å². The molecule has 0 radical (unpaired) electrons. The lowest BCUT2D eigenvalue weighted by molar-refractivity contribution is -0.197. The van der Waals surface area contributed by atoms with Gasteiger partial charge < -0.3 is 14.9 Å². The van der Waals surface area contributed by atoms with Crippen molar-refractivity contribution in [2.45, 2.75) is 65.1 Å². The number of Topliss-reactive ketones (excluding diaryl/α,β-unsaturated/α-hetero) is 2. The highest BCUT2D eigenvalue weighted by Crippen LogP contribution is 2.70. The van der Waals surface area contributed by atoms with Crippen molar-refractivity contribution >= 4 is 11.6 Å². The molecular weight excluding hydrogens is 332 g/mol. The molecule has 4 atom stereocenters. The summed E-state index contributed by atoms with van der Waals surface area (Å²) < 4.78 is 5.29. The van der Waals surface area contributed by atoms with Crippen LogP contribution < -0.4 is 0 Å². The van der Waals surface area contributed by atoms with Crippen LogP contribution in [0.25, 0.3) is 0 Å². The minimum atomic E-state index is -2.31. The van der Waals surface area contributed by atoms with Crippen molar-refractivity contribution in [2.75, 3.05) is 7.11 Å². The summed E-state index contributed by atoms with van der Waals surface area (Å²) in [5.41, 5.74) is -5.46. The summed E-state index contributed by atoms with van der Waals surface area (Å²) >= 11 is 0. The molecule has 3 aliphatic carbocycles. The predicted molar refractivity (Wildman–Crippen MR) is 97.2 cm³/mol. The summed E-state index contributed by atoms with van der Waals surface area (Å²) in [6.07, 6.45) is 2.21. The SMILES string of the molecule is C=C1[C@H]2C(C)(C)CCC[C@]2(C)C2(O)C(=O)C(OC)=C(C(C)C)C(=O)C12O. The molecule has 0 heterocycles. The molecule has 0 aromatic rings. The summed E-state index contributed by atoms with van der Waals surface area (Å²) in [4.78, 5) is 26.9. The fourth-order valence-corrected chi connectivity index (χ4v) is 6.21. The Morgan fingerprint density at radius 3 is 2.19 bits per heavy atom. The molecule has 0 aromatic heterocycles. The van der Waals surface area contributed by atoms with E-state index in [1.807, 2.05) is 13.8 Å². The van der Waals surface area contributed by atoms with Crippen molar-refractivity contribution < 1.29 is 24.5 Å². The third-order valence-electron chi connectivity index (χ3n) is 7.23. The van der Waals surface area contributed by atoms with Gasteiger partial charge in [-0.05, 0) is 35.7 Å². The Balaban J connectivity index is 2.38. The number of hydrogen-bond acceptors (Lipinski definition) is 5. The normalized spacial score (nSPS) is 42.2. The van der Waals surface area contributed by atoms with E-state index in [4.69, 9.17) is 4.74 Å². The number of ether oxygens (including phenoxy) is 1. The minimum absolute atomic E-state index is 0.129. The van der Waals surface area contributed by atoms with Gasteiger partial charge in [0.05, 0.1) is 7.11 Å². The molecule has 2 saturated carbocycles. The van der Waals surface area contributed by atoms with E-state index in [2.05, 4.69) is 6.58 Å². The largest absolute Gasteiger partial charge is 0.492 e. The van der Waals surface area contributed by atoms with E-state index in [1.54, 1.807) is 20.8 Å². The number of aliphatic hydroxyl groups is 2. The van der Waals surface area contributed by atoms with E-state index in [9.17, 15) is 19.8 Å². The zero-order valence-electron chi connectivity index (χ0n) is 16.6. The van der Waals surface area contributed by atoms with Crippen LogP contribution in [0.1, 0.15) is 53.9 Å². The quantitative estimate of drug-likeness (QED) is 0.738. The van der Waals surface area contributed by atoms with Gasteiger partial charge in [-0.15, -0.1) is 0 Å². The predicted octanol–water partition coefficient (Wildman–Crippen LogP) is 2.56. The summed E-state index contributed by atoms with van der Waals surface area (Å²) in [5.74, 6) is -2.16. The number of hydrogen-bond donors (Lipinski definition) is 2. The van der Waals surface area contributed by atoms with Crippen LogP contribution in [-0.4, -0.2) is 40.1 Å². The maximum Gasteiger partial charge on any atom is 0.233 e. The zero-order valence-corrected chi connectivity index (χ0v) is 16.6. The van der Waals surface area contributed by atoms with Crippen LogP contribution in [0, 0.1) is 22.7 Å². The lowest BCUT2D eigenvalue weighted by Gasteiger charge is -2.52.